The molecule has 0 radical (unpaired) electrons. The lowest BCUT2D eigenvalue weighted by molar-refractivity contribution is -0.136. The van der Waals surface area contributed by atoms with E-state index in [2.05, 4.69) is 39.0 Å². The van der Waals surface area contributed by atoms with E-state index in [0.29, 0.717) is 22.8 Å². The van der Waals surface area contributed by atoms with Gasteiger partial charge in [0.05, 0.1) is 5.92 Å². The molecule has 0 aliphatic carbocycles. The monoisotopic (exact) mass is 482 g/mol. The molecule has 1 unspecified atom stereocenters. The smallest absolute Gasteiger partial charge is 0.349 e. The van der Waals surface area contributed by atoms with E-state index in [1.54, 1.807) is 18.2 Å². The van der Waals surface area contributed by atoms with Crippen molar-refractivity contribution < 1.29 is 19.0 Å². The van der Waals surface area contributed by atoms with Crippen LogP contribution in [0.15, 0.2) is 72.1 Å². The van der Waals surface area contributed by atoms with E-state index in [4.69, 9.17) is 19.9 Å². The van der Waals surface area contributed by atoms with Crippen LogP contribution in [0.5, 0.6) is 17.2 Å². The molecule has 6 nitrogen and oxygen atoms in total. The molecule has 184 valence electrons. The summed E-state index contributed by atoms with van der Waals surface area (Å²) < 4.78 is 16.8. The number of allylic oxidation sites excluding steroid dienone is 1. The van der Waals surface area contributed by atoms with Gasteiger partial charge in [0.2, 0.25) is 5.88 Å². The number of aryl methyl sites for hydroxylation is 2. The van der Waals surface area contributed by atoms with Gasteiger partial charge in [-0.25, -0.2) is 4.79 Å². The van der Waals surface area contributed by atoms with Crippen LogP contribution in [0.3, 0.4) is 0 Å². The van der Waals surface area contributed by atoms with Crippen LogP contribution in [0, 0.1) is 25.2 Å². The first kappa shape index (κ1) is 24.9. The van der Waals surface area contributed by atoms with Gasteiger partial charge in [-0.3, -0.25) is 0 Å². The van der Waals surface area contributed by atoms with Crippen molar-refractivity contribution >= 4 is 5.97 Å². The SMILES string of the molecule is Cc1ccc(OCC(=O)Oc2ccc3c(c2)OC(N)=C(C#N)C3c2ccc(C(C)(C)C)cc2)cc1C. The summed E-state index contributed by atoms with van der Waals surface area (Å²) in [5.74, 6) is 0.460. The number of benzene rings is 3. The first-order chi connectivity index (χ1) is 17.1. The topological polar surface area (TPSA) is 94.6 Å². The lowest BCUT2D eigenvalue weighted by atomic mass is 9.81. The number of nitriles is 1. The maximum atomic E-state index is 12.4. The molecule has 0 aromatic heterocycles. The standard InChI is InChI=1S/C30H30N2O4/c1-18-6-11-22(14-19(18)2)34-17-27(33)35-23-12-13-24-26(15-23)36-29(32)25(16-31)28(24)20-7-9-21(10-8-20)30(3,4)5/h6-15,28H,17,32H2,1-5H3. The van der Waals surface area contributed by atoms with E-state index in [-0.39, 0.29) is 23.8 Å². The molecule has 0 amide bonds. The lowest BCUT2D eigenvalue weighted by Crippen LogP contribution is -2.22. The molecule has 4 rings (SSSR count). The van der Waals surface area contributed by atoms with Crippen molar-refractivity contribution in [2.45, 2.75) is 46.0 Å². The van der Waals surface area contributed by atoms with E-state index in [1.165, 1.54) is 5.56 Å². The average molecular weight is 483 g/mol. The quantitative estimate of drug-likeness (QED) is 0.365. The minimum absolute atomic E-state index is 0.0137. The van der Waals surface area contributed by atoms with Crippen LogP contribution in [0.25, 0.3) is 0 Å². The summed E-state index contributed by atoms with van der Waals surface area (Å²) in [6.07, 6.45) is 0. The summed E-state index contributed by atoms with van der Waals surface area (Å²) in [5.41, 5.74) is 11.6. The normalized spacial score (nSPS) is 14.9. The summed E-state index contributed by atoms with van der Waals surface area (Å²) in [4.78, 5) is 12.4. The molecule has 3 aromatic rings. The second kappa shape index (κ2) is 9.79. The summed E-state index contributed by atoms with van der Waals surface area (Å²) in [5, 5.41) is 9.81. The Labute approximate surface area is 211 Å². The second-order valence-electron chi connectivity index (χ2n) is 10.0. The Bertz CT molecular complexity index is 1380. The maximum Gasteiger partial charge on any atom is 0.349 e. The Morgan fingerprint density at radius 2 is 1.69 bits per heavy atom. The molecule has 1 aliphatic rings. The van der Waals surface area contributed by atoms with Gasteiger partial charge in [0, 0.05) is 11.6 Å². The van der Waals surface area contributed by atoms with Crippen molar-refractivity contribution in [3.05, 3.63) is 99.9 Å². The largest absolute Gasteiger partial charge is 0.482 e. The van der Waals surface area contributed by atoms with Crippen LogP contribution in [0.4, 0.5) is 0 Å². The summed E-state index contributed by atoms with van der Waals surface area (Å²) >= 11 is 0. The number of ether oxygens (including phenoxy) is 3. The van der Waals surface area contributed by atoms with Gasteiger partial charge in [0.25, 0.3) is 0 Å². The van der Waals surface area contributed by atoms with Gasteiger partial charge in [-0.15, -0.1) is 0 Å². The summed E-state index contributed by atoms with van der Waals surface area (Å²) in [7, 11) is 0. The zero-order valence-corrected chi connectivity index (χ0v) is 21.2. The molecular weight excluding hydrogens is 452 g/mol. The number of fused-ring (bicyclic) bond motifs is 1. The van der Waals surface area contributed by atoms with Gasteiger partial charge in [-0.05, 0) is 59.7 Å². The second-order valence-corrected chi connectivity index (χ2v) is 10.0. The predicted molar refractivity (Wildman–Crippen MR) is 138 cm³/mol. The molecule has 36 heavy (non-hydrogen) atoms. The predicted octanol–water partition coefficient (Wildman–Crippen LogP) is 5.80. The van der Waals surface area contributed by atoms with Crippen molar-refractivity contribution in [3.8, 4) is 23.3 Å². The number of hydrogen-bond acceptors (Lipinski definition) is 6. The molecular formula is C30H30N2O4. The minimum Gasteiger partial charge on any atom is -0.482 e. The summed E-state index contributed by atoms with van der Waals surface area (Å²) in [6.45, 7) is 10.2. The first-order valence-corrected chi connectivity index (χ1v) is 11.8. The molecule has 0 saturated carbocycles. The molecule has 0 fully saturated rings. The highest BCUT2D eigenvalue weighted by atomic mass is 16.6. The third-order valence-corrected chi connectivity index (χ3v) is 6.37. The Hall–Kier alpha value is -4.24. The number of esters is 1. The highest BCUT2D eigenvalue weighted by Gasteiger charge is 2.31. The number of hydrogen-bond donors (Lipinski definition) is 1. The molecule has 6 heteroatoms. The van der Waals surface area contributed by atoms with Crippen LogP contribution < -0.4 is 19.9 Å². The number of rotatable bonds is 5. The fourth-order valence-electron chi connectivity index (χ4n) is 4.12. The van der Waals surface area contributed by atoms with E-state index >= 15 is 0 Å². The zero-order valence-electron chi connectivity index (χ0n) is 21.2. The fraction of sp³-hybridized carbons (Fsp3) is 0.267. The lowest BCUT2D eigenvalue weighted by Gasteiger charge is -2.27. The van der Waals surface area contributed by atoms with E-state index in [1.807, 2.05) is 44.2 Å². The Morgan fingerprint density at radius 3 is 2.33 bits per heavy atom. The fourth-order valence-corrected chi connectivity index (χ4v) is 4.12. The van der Waals surface area contributed by atoms with Gasteiger partial charge in [-0.1, -0.05) is 57.2 Å². The Kier molecular flexibility index (Phi) is 6.76. The third-order valence-electron chi connectivity index (χ3n) is 6.37. The van der Waals surface area contributed by atoms with Gasteiger partial charge in [0.1, 0.15) is 28.9 Å². The van der Waals surface area contributed by atoms with Crippen molar-refractivity contribution in [1.82, 2.24) is 0 Å². The number of carbonyl (C=O) groups excluding carboxylic acids is 1. The van der Waals surface area contributed by atoms with Crippen molar-refractivity contribution in [2.75, 3.05) is 6.61 Å². The van der Waals surface area contributed by atoms with E-state index in [9.17, 15) is 10.1 Å². The summed E-state index contributed by atoms with van der Waals surface area (Å²) in [6, 6.07) is 21.1. The minimum atomic E-state index is -0.542. The van der Waals surface area contributed by atoms with Gasteiger partial charge in [-0.2, -0.15) is 5.26 Å². The Morgan fingerprint density at radius 1 is 1.00 bits per heavy atom. The molecule has 2 N–H and O–H groups in total. The van der Waals surface area contributed by atoms with Gasteiger partial charge < -0.3 is 19.9 Å². The van der Waals surface area contributed by atoms with Crippen molar-refractivity contribution in [2.24, 2.45) is 5.73 Å². The zero-order chi connectivity index (χ0) is 26.0. The van der Waals surface area contributed by atoms with Crippen LogP contribution >= 0.6 is 0 Å². The Balaban J connectivity index is 1.54. The number of nitrogens with two attached hydrogens (primary N) is 1. The molecule has 1 atom stereocenters. The first-order valence-electron chi connectivity index (χ1n) is 11.8. The van der Waals surface area contributed by atoms with Crippen LogP contribution in [0.1, 0.15) is 54.5 Å². The molecule has 3 aromatic carbocycles. The number of nitrogens with zero attached hydrogens (tertiary/aromatic N) is 1. The molecule has 1 aliphatic heterocycles. The third kappa shape index (κ3) is 5.21. The van der Waals surface area contributed by atoms with Crippen LogP contribution in [-0.4, -0.2) is 12.6 Å². The van der Waals surface area contributed by atoms with Crippen molar-refractivity contribution in [1.29, 1.82) is 5.26 Å². The maximum absolute atomic E-state index is 12.4. The molecule has 1 heterocycles. The van der Waals surface area contributed by atoms with E-state index < -0.39 is 5.97 Å². The van der Waals surface area contributed by atoms with E-state index in [0.717, 1.165) is 22.3 Å². The molecule has 0 spiro atoms. The highest BCUT2D eigenvalue weighted by Crippen LogP contribution is 2.43. The van der Waals surface area contributed by atoms with Crippen LogP contribution in [0.2, 0.25) is 0 Å². The average Bonchev–Trinajstić information content (AvgIpc) is 2.83. The molecule has 0 saturated heterocycles. The van der Waals surface area contributed by atoms with Gasteiger partial charge >= 0.3 is 5.97 Å². The highest BCUT2D eigenvalue weighted by molar-refractivity contribution is 5.74. The van der Waals surface area contributed by atoms with Crippen molar-refractivity contribution in [3.63, 3.8) is 0 Å². The number of carbonyl (C=O) groups is 1. The van der Waals surface area contributed by atoms with Gasteiger partial charge in [0.15, 0.2) is 6.61 Å². The molecule has 0 bridgehead atoms. The van der Waals surface area contributed by atoms with Crippen LogP contribution in [-0.2, 0) is 10.2 Å².